The molecular weight excluding hydrogens is 230 g/mol. The van der Waals surface area contributed by atoms with Crippen molar-refractivity contribution in [2.75, 3.05) is 0 Å². The predicted molar refractivity (Wildman–Crippen MR) is 62.4 cm³/mol. The number of hydrogen-bond acceptors (Lipinski definition) is 3. The van der Waals surface area contributed by atoms with Crippen LogP contribution < -0.4 is 0 Å². The number of thioether (sulfide) groups is 1. The quantitative estimate of drug-likeness (QED) is 0.717. The highest BCUT2D eigenvalue weighted by molar-refractivity contribution is 7.98. The van der Waals surface area contributed by atoms with E-state index in [0.717, 1.165) is 45.5 Å². The van der Waals surface area contributed by atoms with E-state index in [1.165, 1.54) is 0 Å². The normalized spacial score (nSPS) is 14.8. The molecule has 0 saturated heterocycles. The van der Waals surface area contributed by atoms with Crippen molar-refractivity contribution in [3.8, 4) is 0 Å². The van der Waals surface area contributed by atoms with Gasteiger partial charge in [-0.1, -0.05) is 18.5 Å². The Bertz CT molecular complexity index is 535. The molecule has 3 heterocycles. The maximum Gasteiger partial charge on any atom is 0.160 e. The van der Waals surface area contributed by atoms with Crippen molar-refractivity contribution in [1.82, 2.24) is 14.6 Å². The summed E-state index contributed by atoms with van der Waals surface area (Å²) in [5, 5.41) is 5.02. The summed E-state index contributed by atoms with van der Waals surface area (Å²) in [5.41, 5.74) is 4.37. The molecule has 0 atom stereocenters. The van der Waals surface area contributed by atoms with E-state index in [2.05, 4.69) is 17.0 Å². The van der Waals surface area contributed by atoms with E-state index in [1.54, 1.807) is 4.52 Å². The monoisotopic (exact) mass is 239 g/mol. The van der Waals surface area contributed by atoms with E-state index in [0.29, 0.717) is 0 Å². The fourth-order valence-corrected chi connectivity index (χ4v) is 3.26. The maximum atomic E-state index is 6.30. The number of hydrogen-bond donors (Lipinski definition) is 0. The Labute approximate surface area is 96.8 Å². The second kappa shape index (κ2) is 3.39. The molecule has 0 fully saturated rings. The van der Waals surface area contributed by atoms with Gasteiger partial charge in [0.1, 0.15) is 5.15 Å². The maximum absolute atomic E-state index is 6.30. The van der Waals surface area contributed by atoms with Gasteiger partial charge in [-0.25, -0.2) is 9.50 Å². The standard InChI is InChI=1S/C10H10ClN3S/c1-2-6-3-12-14-9(11)7-4-15-5-8(7)13-10(6)14/h3H,2,4-5H2,1H3. The summed E-state index contributed by atoms with van der Waals surface area (Å²) >= 11 is 8.16. The van der Waals surface area contributed by atoms with Crippen LogP contribution in [0.4, 0.5) is 0 Å². The molecule has 1 aliphatic heterocycles. The van der Waals surface area contributed by atoms with Gasteiger partial charge in [0.25, 0.3) is 0 Å². The van der Waals surface area contributed by atoms with Gasteiger partial charge in [-0.05, 0) is 6.42 Å². The third kappa shape index (κ3) is 1.28. The molecule has 0 aliphatic carbocycles. The van der Waals surface area contributed by atoms with Crippen LogP contribution in [0.5, 0.6) is 0 Å². The van der Waals surface area contributed by atoms with Gasteiger partial charge in [0.15, 0.2) is 5.65 Å². The lowest BCUT2D eigenvalue weighted by Crippen LogP contribution is -2.00. The minimum Gasteiger partial charge on any atom is -0.232 e. The summed E-state index contributed by atoms with van der Waals surface area (Å²) < 4.78 is 1.76. The molecule has 78 valence electrons. The van der Waals surface area contributed by atoms with Crippen molar-refractivity contribution >= 4 is 29.0 Å². The van der Waals surface area contributed by atoms with Crippen LogP contribution >= 0.6 is 23.4 Å². The van der Waals surface area contributed by atoms with Gasteiger partial charge >= 0.3 is 0 Å². The van der Waals surface area contributed by atoms with Crippen LogP contribution in [0.15, 0.2) is 6.20 Å². The molecule has 0 amide bonds. The Balaban J connectivity index is 2.37. The van der Waals surface area contributed by atoms with E-state index in [9.17, 15) is 0 Å². The van der Waals surface area contributed by atoms with E-state index < -0.39 is 0 Å². The predicted octanol–water partition coefficient (Wildman–Crippen LogP) is 2.69. The Morgan fingerprint density at radius 1 is 1.53 bits per heavy atom. The molecule has 1 aliphatic rings. The average Bonchev–Trinajstić information content (AvgIpc) is 2.83. The summed E-state index contributed by atoms with van der Waals surface area (Å²) in [6.45, 7) is 2.11. The van der Waals surface area contributed by atoms with Crippen molar-refractivity contribution in [2.45, 2.75) is 24.9 Å². The van der Waals surface area contributed by atoms with Gasteiger partial charge in [-0.15, -0.1) is 0 Å². The molecule has 3 rings (SSSR count). The highest BCUT2D eigenvalue weighted by Gasteiger charge is 2.20. The van der Waals surface area contributed by atoms with E-state index in [4.69, 9.17) is 11.6 Å². The zero-order chi connectivity index (χ0) is 10.4. The molecule has 2 aromatic heterocycles. The number of fused-ring (bicyclic) bond motifs is 2. The summed E-state index contributed by atoms with van der Waals surface area (Å²) in [6.07, 6.45) is 2.80. The second-order valence-corrected chi connectivity index (χ2v) is 4.92. The van der Waals surface area contributed by atoms with E-state index in [1.807, 2.05) is 18.0 Å². The average molecular weight is 240 g/mol. The number of nitrogens with zero attached hydrogens (tertiary/aromatic N) is 3. The van der Waals surface area contributed by atoms with Crippen molar-refractivity contribution in [2.24, 2.45) is 0 Å². The van der Waals surface area contributed by atoms with Gasteiger partial charge in [0.2, 0.25) is 0 Å². The van der Waals surface area contributed by atoms with Crippen LogP contribution in [0, 0.1) is 0 Å². The number of halogens is 1. The Hall–Kier alpha value is -0.740. The zero-order valence-electron chi connectivity index (χ0n) is 8.33. The molecule has 3 nitrogen and oxygen atoms in total. The van der Waals surface area contributed by atoms with Crippen molar-refractivity contribution in [3.63, 3.8) is 0 Å². The van der Waals surface area contributed by atoms with Crippen LogP contribution in [0.2, 0.25) is 5.15 Å². The first-order valence-electron chi connectivity index (χ1n) is 4.93. The van der Waals surface area contributed by atoms with Gasteiger partial charge in [-0.3, -0.25) is 0 Å². The first-order valence-corrected chi connectivity index (χ1v) is 6.46. The van der Waals surface area contributed by atoms with E-state index in [-0.39, 0.29) is 0 Å². The van der Waals surface area contributed by atoms with Crippen LogP contribution in [-0.4, -0.2) is 14.6 Å². The molecule has 0 radical (unpaired) electrons. The van der Waals surface area contributed by atoms with Crippen LogP contribution in [-0.2, 0) is 17.9 Å². The molecule has 15 heavy (non-hydrogen) atoms. The highest BCUT2D eigenvalue weighted by atomic mass is 35.5. The third-order valence-corrected chi connectivity index (χ3v) is 4.07. The summed E-state index contributed by atoms with van der Waals surface area (Å²) in [7, 11) is 0. The minimum atomic E-state index is 0.736. The van der Waals surface area contributed by atoms with Gasteiger partial charge in [0.05, 0.1) is 11.9 Å². The highest BCUT2D eigenvalue weighted by Crippen LogP contribution is 2.34. The minimum absolute atomic E-state index is 0.736. The molecule has 0 bridgehead atoms. The lowest BCUT2D eigenvalue weighted by molar-refractivity contribution is 0.916. The lowest BCUT2D eigenvalue weighted by atomic mass is 10.2. The Kier molecular flexibility index (Phi) is 2.14. The Morgan fingerprint density at radius 2 is 2.40 bits per heavy atom. The molecule has 0 N–H and O–H groups in total. The molecule has 0 saturated carbocycles. The van der Waals surface area contributed by atoms with Gasteiger partial charge in [0, 0.05) is 22.6 Å². The molecule has 5 heteroatoms. The fourth-order valence-electron chi connectivity index (χ4n) is 1.84. The van der Waals surface area contributed by atoms with Crippen LogP contribution in [0.1, 0.15) is 23.7 Å². The Morgan fingerprint density at radius 3 is 3.20 bits per heavy atom. The second-order valence-electron chi connectivity index (χ2n) is 3.58. The fraction of sp³-hybridized carbons (Fsp3) is 0.400. The number of rotatable bonds is 1. The first kappa shape index (κ1) is 9.48. The molecule has 2 aromatic rings. The first-order chi connectivity index (χ1) is 7.31. The van der Waals surface area contributed by atoms with E-state index >= 15 is 0 Å². The molecule has 0 aromatic carbocycles. The molecule has 0 unspecified atom stereocenters. The largest absolute Gasteiger partial charge is 0.232 e. The number of aromatic nitrogens is 3. The van der Waals surface area contributed by atoms with Crippen LogP contribution in [0.3, 0.4) is 0 Å². The summed E-state index contributed by atoms with van der Waals surface area (Å²) in [6, 6.07) is 0. The van der Waals surface area contributed by atoms with Crippen molar-refractivity contribution < 1.29 is 0 Å². The van der Waals surface area contributed by atoms with Crippen LogP contribution in [0.25, 0.3) is 5.65 Å². The van der Waals surface area contributed by atoms with Crippen molar-refractivity contribution in [1.29, 1.82) is 0 Å². The third-order valence-electron chi connectivity index (χ3n) is 2.71. The summed E-state index contributed by atoms with van der Waals surface area (Å²) in [4.78, 5) is 4.64. The molecular formula is C10H10ClN3S. The molecule has 0 spiro atoms. The zero-order valence-corrected chi connectivity index (χ0v) is 9.90. The number of aryl methyl sites for hydroxylation is 1. The van der Waals surface area contributed by atoms with Crippen molar-refractivity contribution in [3.05, 3.63) is 28.2 Å². The lowest BCUT2D eigenvalue weighted by Gasteiger charge is -2.03. The van der Waals surface area contributed by atoms with Gasteiger partial charge < -0.3 is 0 Å². The SMILES string of the molecule is CCc1cnn2c(Cl)c3c(nc12)CSC3. The topological polar surface area (TPSA) is 30.2 Å². The summed E-state index contributed by atoms with van der Waals surface area (Å²) in [5.74, 6) is 1.93. The smallest absolute Gasteiger partial charge is 0.160 e. The van der Waals surface area contributed by atoms with Gasteiger partial charge in [-0.2, -0.15) is 16.9 Å².